The highest BCUT2D eigenvalue weighted by Crippen LogP contribution is 2.20. The molecule has 0 aliphatic rings. The first kappa shape index (κ1) is 11.1. The number of aryl methyl sites for hydroxylation is 1. The number of terminal acetylenes is 1. The summed E-state index contributed by atoms with van der Waals surface area (Å²) in [4.78, 5) is 6.42. The van der Waals surface area contributed by atoms with Crippen LogP contribution in [0.4, 0.5) is 5.82 Å². The molecule has 1 heterocycles. The van der Waals surface area contributed by atoms with Crippen LogP contribution < -0.4 is 4.90 Å². The van der Waals surface area contributed by atoms with Crippen molar-refractivity contribution in [3.05, 3.63) is 22.3 Å². The Hall–Kier alpha value is -1.01. The second kappa shape index (κ2) is 5.02. The molecule has 0 saturated heterocycles. The van der Waals surface area contributed by atoms with E-state index >= 15 is 0 Å². The van der Waals surface area contributed by atoms with Crippen molar-refractivity contribution >= 4 is 21.7 Å². The van der Waals surface area contributed by atoms with Crippen LogP contribution in [0, 0.1) is 19.3 Å². The van der Waals surface area contributed by atoms with Gasteiger partial charge in [0, 0.05) is 17.2 Å². The van der Waals surface area contributed by atoms with Gasteiger partial charge in [0.2, 0.25) is 0 Å². The first-order valence-electron chi connectivity index (χ1n) is 4.49. The summed E-state index contributed by atoms with van der Waals surface area (Å²) in [6, 6.07) is 2.04. The molecule has 0 amide bonds. The summed E-state index contributed by atoms with van der Waals surface area (Å²) in [7, 11) is 0. The molecule has 14 heavy (non-hydrogen) atoms. The van der Waals surface area contributed by atoms with Gasteiger partial charge in [-0.1, -0.05) is 5.92 Å². The molecule has 1 aromatic heterocycles. The molecule has 0 aliphatic heterocycles. The molecule has 0 atom stereocenters. The zero-order valence-electron chi connectivity index (χ0n) is 8.42. The Morgan fingerprint density at radius 1 is 1.64 bits per heavy atom. The fourth-order valence-corrected chi connectivity index (χ4v) is 1.76. The number of hydrogen-bond acceptors (Lipinski definition) is 2. The normalized spacial score (nSPS) is 9.57. The monoisotopic (exact) mass is 252 g/mol. The summed E-state index contributed by atoms with van der Waals surface area (Å²) in [6.07, 6.45) is 7.09. The minimum atomic E-state index is 0.603. The smallest absolute Gasteiger partial charge is 0.132 e. The number of pyridine rings is 1. The van der Waals surface area contributed by atoms with Crippen molar-refractivity contribution in [2.75, 3.05) is 18.0 Å². The largest absolute Gasteiger partial charge is 0.346 e. The Bertz CT molecular complexity index is 355. The van der Waals surface area contributed by atoms with Crippen LogP contribution in [0.25, 0.3) is 0 Å². The first-order valence-corrected chi connectivity index (χ1v) is 5.29. The predicted molar refractivity (Wildman–Crippen MR) is 63.4 cm³/mol. The summed E-state index contributed by atoms with van der Waals surface area (Å²) in [5, 5.41) is 0. The van der Waals surface area contributed by atoms with Crippen LogP contribution in [0.2, 0.25) is 0 Å². The lowest BCUT2D eigenvalue weighted by atomic mass is 10.2. The molecule has 0 fully saturated rings. The topological polar surface area (TPSA) is 16.1 Å². The molecular weight excluding hydrogens is 240 g/mol. The standard InChI is InChI=1S/C11H13BrN2/c1-4-6-14(5-2)11-9(3)7-10(12)8-13-11/h1,7-8H,5-6H2,2-3H3. The minimum absolute atomic E-state index is 0.603. The van der Waals surface area contributed by atoms with Crippen LogP contribution in [0.5, 0.6) is 0 Å². The van der Waals surface area contributed by atoms with Gasteiger partial charge in [0.15, 0.2) is 0 Å². The molecule has 1 rings (SSSR count). The van der Waals surface area contributed by atoms with E-state index in [0.29, 0.717) is 6.54 Å². The number of anilines is 1. The van der Waals surface area contributed by atoms with E-state index in [9.17, 15) is 0 Å². The van der Waals surface area contributed by atoms with E-state index < -0.39 is 0 Å². The Morgan fingerprint density at radius 2 is 2.36 bits per heavy atom. The van der Waals surface area contributed by atoms with Gasteiger partial charge in [0.05, 0.1) is 6.54 Å². The van der Waals surface area contributed by atoms with E-state index in [0.717, 1.165) is 22.4 Å². The summed E-state index contributed by atoms with van der Waals surface area (Å²) >= 11 is 3.38. The Kier molecular flexibility index (Phi) is 3.97. The zero-order valence-corrected chi connectivity index (χ0v) is 10.0. The molecule has 0 unspecified atom stereocenters. The van der Waals surface area contributed by atoms with E-state index in [1.165, 1.54) is 0 Å². The lowest BCUT2D eigenvalue weighted by Crippen LogP contribution is -2.24. The van der Waals surface area contributed by atoms with Crippen LogP contribution in [0.15, 0.2) is 16.7 Å². The van der Waals surface area contributed by atoms with E-state index in [2.05, 4.69) is 38.7 Å². The minimum Gasteiger partial charge on any atom is -0.346 e. The maximum atomic E-state index is 5.29. The van der Waals surface area contributed by atoms with Gasteiger partial charge in [-0.15, -0.1) is 6.42 Å². The number of aromatic nitrogens is 1. The molecule has 0 aliphatic carbocycles. The van der Waals surface area contributed by atoms with E-state index in [-0.39, 0.29) is 0 Å². The van der Waals surface area contributed by atoms with Gasteiger partial charge >= 0.3 is 0 Å². The highest BCUT2D eigenvalue weighted by atomic mass is 79.9. The van der Waals surface area contributed by atoms with Crippen LogP contribution in [-0.2, 0) is 0 Å². The predicted octanol–water partition coefficient (Wildman–Crippen LogP) is 2.61. The number of nitrogens with zero attached hydrogens (tertiary/aromatic N) is 2. The SMILES string of the molecule is C#CCN(CC)c1ncc(Br)cc1C. The zero-order chi connectivity index (χ0) is 10.6. The Morgan fingerprint density at radius 3 is 2.86 bits per heavy atom. The molecule has 1 aromatic rings. The fourth-order valence-electron chi connectivity index (χ4n) is 1.31. The molecule has 0 aromatic carbocycles. The molecule has 2 nitrogen and oxygen atoms in total. The summed E-state index contributed by atoms with van der Waals surface area (Å²) in [5.74, 6) is 3.60. The number of halogens is 1. The summed E-state index contributed by atoms with van der Waals surface area (Å²) in [5.41, 5.74) is 1.14. The van der Waals surface area contributed by atoms with Gasteiger partial charge in [-0.3, -0.25) is 0 Å². The van der Waals surface area contributed by atoms with Crippen molar-refractivity contribution in [1.82, 2.24) is 4.98 Å². The van der Waals surface area contributed by atoms with Crippen molar-refractivity contribution in [3.63, 3.8) is 0 Å². The molecule has 0 spiro atoms. The average molecular weight is 253 g/mol. The van der Waals surface area contributed by atoms with Gasteiger partial charge in [0.1, 0.15) is 5.82 Å². The molecule has 74 valence electrons. The van der Waals surface area contributed by atoms with Gasteiger partial charge in [-0.25, -0.2) is 4.98 Å². The maximum absolute atomic E-state index is 5.29. The van der Waals surface area contributed by atoms with Gasteiger partial charge in [0.25, 0.3) is 0 Å². The van der Waals surface area contributed by atoms with Crippen molar-refractivity contribution in [1.29, 1.82) is 0 Å². The molecular formula is C11H13BrN2. The fraction of sp³-hybridized carbons (Fsp3) is 0.364. The maximum Gasteiger partial charge on any atom is 0.132 e. The van der Waals surface area contributed by atoms with Crippen LogP contribution in [0.3, 0.4) is 0 Å². The second-order valence-corrected chi connectivity index (χ2v) is 3.93. The van der Waals surface area contributed by atoms with E-state index in [1.807, 2.05) is 13.0 Å². The molecule has 0 bridgehead atoms. The van der Waals surface area contributed by atoms with Gasteiger partial charge in [-0.05, 0) is 41.4 Å². The number of rotatable bonds is 3. The molecule has 0 radical (unpaired) electrons. The lowest BCUT2D eigenvalue weighted by molar-refractivity contribution is 0.885. The first-order chi connectivity index (χ1) is 6.69. The molecule has 3 heteroatoms. The third-order valence-corrected chi connectivity index (χ3v) is 2.41. The van der Waals surface area contributed by atoms with Crippen molar-refractivity contribution in [2.45, 2.75) is 13.8 Å². The lowest BCUT2D eigenvalue weighted by Gasteiger charge is -2.20. The average Bonchev–Trinajstić information content (AvgIpc) is 2.15. The van der Waals surface area contributed by atoms with E-state index in [1.54, 1.807) is 6.20 Å². The third kappa shape index (κ3) is 2.49. The van der Waals surface area contributed by atoms with E-state index in [4.69, 9.17) is 6.42 Å². The number of hydrogen-bond donors (Lipinski definition) is 0. The van der Waals surface area contributed by atoms with Crippen LogP contribution in [0.1, 0.15) is 12.5 Å². The van der Waals surface area contributed by atoms with Crippen LogP contribution >= 0.6 is 15.9 Å². The van der Waals surface area contributed by atoms with Gasteiger partial charge in [-0.2, -0.15) is 0 Å². The van der Waals surface area contributed by atoms with Crippen molar-refractivity contribution < 1.29 is 0 Å². The quantitative estimate of drug-likeness (QED) is 0.770. The van der Waals surface area contributed by atoms with Crippen molar-refractivity contribution in [2.24, 2.45) is 0 Å². The van der Waals surface area contributed by atoms with Crippen LogP contribution in [-0.4, -0.2) is 18.1 Å². The summed E-state index contributed by atoms with van der Waals surface area (Å²) in [6.45, 7) is 5.58. The third-order valence-electron chi connectivity index (χ3n) is 1.98. The molecule has 0 N–H and O–H groups in total. The Balaban J connectivity index is 2.99. The second-order valence-electron chi connectivity index (χ2n) is 3.01. The highest BCUT2D eigenvalue weighted by Gasteiger charge is 2.07. The van der Waals surface area contributed by atoms with Gasteiger partial charge < -0.3 is 4.90 Å². The van der Waals surface area contributed by atoms with Crippen molar-refractivity contribution in [3.8, 4) is 12.3 Å². The molecule has 0 saturated carbocycles. The highest BCUT2D eigenvalue weighted by molar-refractivity contribution is 9.10. The summed E-state index contributed by atoms with van der Waals surface area (Å²) < 4.78 is 0.996. The Labute approximate surface area is 93.5 Å².